The number of anilines is 2. The average Bonchev–Trinajstić information content (AvgIpc) is 2.87. The maximum atomic E-state index is 14.0. The number of phenols is 1. The monoisotopic (exact) mass is 503 g/mol. The highest BCUT2D eigenvalue weighted by molar-refractivity contribution is 6.31. The highest BCUT2D eigenvalue weighted by Gasteiger charge is 2.12. The van der Waals surface area contributed by atoms with E-state index in [1.165, 1.54) is 83.4 Å². The van der Waals surface area contributed by atoms with Crippen molar-refractivity contribution >= 4 is 34.0 Å². The molecule has 1 fully saturated rings. The lowest BCUT2D eigenvalue weighted by Crippen LogP contribution is -1.99. The Labute approximate surface area is 214 Å². The van der Waals surface area contributed by atoms with Crippen LogP contribution in [0.15, 0.2) is 36.7 Å². The van der Waals surface area contributed by atoms with Crippen molar-refractivity contribution < 1.29 is 14.2 Å². The van der Waals surface area contributed by atoms with Crippen molar-refractivity contribution in [2.45, 2.75) is 78.6 Å². The van der Waals surface area contributed by atoms with E-state index in [2.05, 4.69) is 36.1 Å². The number of rotatable bonds is 6. The van der Waals surface area contributed by atoms with Crippen LogP contribution in [0.2, 0.25) is 5.02 Å². The van der Waals surface area contributed by atoms with Gasteiger partial charge >= 0.3 is 0 Å². The number of nitrogens with zero attached hydrogens (tertiary/aromatic N) is 2. The standard InChI is InChI=1S/C15H11ClFN3O2.C7H14.C6H14/c1-22-13-6-11-8(5-12(13)21)15(19-7-18-11)20-10-4-2-3-9(16)14(10)17;1-7-5-3-2-4-6-7;1-3-5-6-4-2/h2-7,21H,1H3,(H,18,19,20);7H,2-6H2,1H3;3-6H2,1-2H3. The van der Waals surface area contributed by atoms with Crippen LogP contribution in [0.5, 0.6) is 11.5 Å². The zero-order valence-corrected chi connectivity index (χ0v) is 22.2. The lowest BCUT2D eigenvalue weighted by atomic mass is 9.91. The van der Waals surface area contributed by atoms with Crippen molar-refractivity contribution in [1.82, 2.24) is 9.97 Å². The largest absolute Gasteiger partial charge is 0.504 e. The van der Waals surface area contributed by atoms with Crippen LogP contribution < -0.4 is 10.1 Å². The van der Waals surface area contributed by atoms with Gasteiger partial charge in [-0.1, -0.05) is 96.2 Å². The van der Waals surface area contributed by atoms with Crippen LogP contribution in [0.4, 0.5) is 15.9 Å². The highest BCUT2D eigenvalue weighted by Crippen LogP contribution is 2.34. The van der Waals surface area contributed by atoms with Gasteiger partial charge in [0.15, 0.2) is 17.3 Å². The van der Waals surface area contributed by atoms with E-state index in [4.69, 9.17) is 16.3 Å². The third-order valence-electron chi connectivity index (χ3n) is 5.99. The number of hydrogen-bond donors (Lipinski definition) is 2. The van der Waals surface area contributed by atoms with Crippen LogP contribution in [-0.2, 0) is 0 Å². The van der Waals surface area contributed by atoms with Gasteiger partial charge in [0.05, 0.1) is 23.3 Å². The zero-order chi connectivity index (χ0) is 25.6. The Morgan fingerprint density at radius 2 is 1.77 bits per heavy atom. The second-order valence-electron chi connectivity index (χ2n) is 8.94. The molecule has 0 aliphatic heterocycles. The molecular formula is C28H39ClFN3O2. The fraction of sp³-hybridized carbons (Fsp3) is 0.500. The van der Waals surface area contributed by atoms with Crippen LogP contribution in [0.3, 0.4) is 0 Å². The number of halogens is 2. The molecule has 5 nitrogen and oxygen atoms in total. The number of fused-ring (bicyclic) bond motifs is 1. The first-order chi connectivity index (χ1) is 16.9. The zero-order valence-electron chi connectivity index (χ0n) is 21.4. The molecule has 192 valence electrons. The molecule has 0 unspecified atom stereocenters. The number of nitrogens with one attached hydrogen (secondary N) is 1. The number of methoxy groups -OCH3 is 1. The Morgan fingerprint density at radius 1 is 1.09 bits per heavy atom. The summed E-state index contributed by atoms with van der Waals surface area (Å²) < 4.78 is 19.0. The SMILES string of the molecule is CC1CCCCC1.CCCCCC.COc1cc2ncnc(Nc3cccc(Cl)c3F)c2cc1O. The van der Waals surface area contributed by atoms with Gasteiger partial charge in [-0.15, -0.1) is 0 Å². The number of hydrogen-bond acceptors (Lipinski definition) is 5. The molecule has 2 N–H and O–H groups in total. The summed E-state index contributed by atoms with van der Waals surface area (Å²) >= 11 is 5.76. The molecule has 7 heteroatoms. The van der Waals surface area contributed by atoms with Gasteiger partial charge in [-0.05, 0) is 24.1 Å². The number of aromatic hydroxyl groups is 1. The van der Waals surface area contributed by atoms with Gasteiger partial charge in [-0.2, -0.15) is 0 Å². The Morgan fingerprint density at radius 3 is 2.34 bits per heavy atom. The fourth-order valence-electron chi connectivity index (χ4n) is 3.87. The van der Waals surface area contributed by atoms with Crippen LogP contribution in [0.1, 0.15) is 78.6 Å². The van der Waals surface area contributed by atoms with Crippen LogP contribution in [0, 0.1) is 11.7 Å². The van der Waals surface area contributed by atoms with Gasteiger partial charge in [-0.3, -0.25) is 0 Å². The molecule has 2 aromatic carbocycles. The Kier molecular flexibility index (Phi) is 12.6. The van der Waals surface area contributed by atoms with Crippen LogP contribution in [-0.4, -0.2) is 22.2 Å². The fourth-order valence-corrected chi connectivity index (χ4v) is 4.04. The van der Waals surface area contributed by atoms with E-state index < -0.39 is 5.82 Å². The average molecular weight is 504 g/mol. The molecule has 1 heterocycles. The van der Waals surface area contributed by atoms with Gasteiger partial charge in [0.1, 0.15) is 12.1 Å². The molecule has 0 bridgehead atoms. The number of unbranched alkanes of at least 4 members (excludes halogenated alkanes) is 3. The second kappa shape index (κ2) is 15.4. The molecule has 0 amide bonds. The first kappa shape index (κ1) is 28.6. The smallest absolute Gasteiger partial charge is 0.165 e. The Bertz CT molecular complexity index is 1040. The summed E-state index contributed by atoms with van der Waals surface area (Å²) in [7, 11) is 1.45. The summed E-state index contributed by atoms with van der Waals surface area (Å²) in [6.45, 7) is 6.82. The molecule has 3 aromatic rings. The molecule has 4 rings (SSSR count). The number of benzene rings is 2. The highest BCUT2D eigenvalue weighted by atomic mass is 35.5. The summed E-state index contributed by atoms with van der Waals surface area (Å²) in [4.78, 5) is 8.20. The van der Waals surface area contributed by atoms with Gasteiger partial charge in [0.2, 0.25) is 0 Å². The van der Waals surface area contributed by atoms with Gasteiger partial charge in [0.25, 0.3) is 0 Å². The second-order valence-corrected chi connectivity index (χ2v) is 9.35. The number of aromatic nitrogens is 2. The van der Waals surface area contributed by atoms with Gasteiger partial charge < -0.3 is 15.2 Å². The minimum absolute atomic E-state index is 0.00729. The Balaban J connectivity index is 0.000000272. The first-order valence-corrected chi connectivity index (χ1v) is 13.0. The molecule has 1 aliphatic rings. The van der Waals surface area contributed by atoms with Crippen molar-refractivity contribution in [3.8, 4) is 11.5 Å². The quantitative estimate of drug-likeness (QED) is 0.328. The number of ether oxygens (including phenoxy) is 1. The lowest BCUT2D eigenvalue weighted by Gasteiger charge is -2.15. The normalized spacial score (nSPS) is 13.3. The van der Waals surface area contributed by atoms with Crippen LogP contribution in [0.25, 0.3) is 10.9 Å². The summed E-state index contributed by atoms with van der Waals surface area (Å²) in [5, 5.41) is 13.3. The summed E-state index contributed by atoms with van der Waals surface area (Å²) in [5.41, 5.74) is 0.734. The molecule has 0 spiro atoms. The van der Waals surface area contributed by atoms with E-state index in [-0.39, 0.29) is 16.5 Å². The van der Waals surface area contributed by atoms with Crippen molar-refractivity contribution in [2.75, 3.05) is 12.4 Å². The summed E-state index contributed by atoms with van der Waals surface area (Å²) in [5.74, 6) is 1.05. The summed E-state index contributed by atoms with van der Waals surface area (Å²) in [6.07, 6.45) is 14.3. The topological polar surface area (TPSA) is 67.3 Å². The van der Waals surface area contributed by atoms with E-state index in [0.717, 1.165) is 5.92 Å². The third kappa shape index (κ3) is 9.17. The van der Waals surface area contributed by atoms with Crippen molar-refractivity contribution in [3.05, 3.63) is 47.5 Å². The number of phenolic OH excluding ortho intramolecular Hbond substituents is 1. The molecule has 0 atom stereocenters. The van der Waals surface area contributed by atoms with Crippen molar-refractivity contribution in [2.24, 2.45) is 5.92 Å². The van der Waals surface area contributed by atoms with E-state index in [0.29, 0.717) is 22.5 Å². The van der Waals surface area contributed by atoms with Gasteiger partial charge in [-0.25, -0.2) is 14.4 Å². The van der Waals surface area contributed by atoms with Gasteiger partial charge in [0, 0.05) is 11.5 Å². The van der Waals surface area contributed by atoms with Crippen LogP contribution >= 0.6 is 11.6 Å². The first-order valence-electron chi connectivity index (χ1n) is 12.6. The molecule has 35 heavy (non-hydrogen) atoms. The third-order valence-corrected chi connectivity index (χ3v) is 6.28. The lowest BCUT2D eigenvalue weighted by molar-refractivity contribution is 0.374. The predicted molar refractivity (Wildman–Crippen MR) is 145 cm³/mol. The van der Waals surface area contributed by atoms with E-state index in [1.807, 2.05) is 0 Å². The molecule has 0 radical (unpaired) electrons. The minimum Gasteiger partial charge on any atom is -0.504 e. The molecule has 1 saturated carbocycles. The molecule has 1 aromatic heterocycles. The van der Waals surface area contributed by atoms with Crippen molar-refractivity contribution in [3.63, 3.8) is 0 Å². The predicted octanol–water partition coefficient (Wildman–Crippen LogP) is 9.05. The van der Waals surface area contributed by atoms with E-state index in [1.54, 1.807) is 18.2 Å². The maximum Gasteiger partial charge on any atom is 0.165 e. The Hall–Kier alpha value is -2.60. The van der Waals surface area contributed by atoms with E-state index in [9.17, 15) is 9.50 Å². The maximum absolute atomic E-state index is 14.0. The van der Waals surface area contributed by atoms with E-state index >= 15 is 0 Å². The molecule has 1 aliphatic carbocycles. The van der Waals surface area contributed by atoms with Crippen molar-refractivity contribution in [1.29, 1.82) is 0 Å². The molecule has 0 saturated heterocycles. The summed E-state index contributed by atoms with van der Waals surface area (Å²) in [6, 6.07) is 7.65. The minimum atomic E-state index is -0.575. The molecular weight excluding hydrogens is 465 g/mol.